The normalized spacial score (nSPS) is 10.4. The highest BCUT2D eigenvalue weighted by atomic mass is 35.5. The van der Waals surface area contributed by atoms with Crippen LogP contribution in [-0.4, -0.2) is 24.1 Å². The van der Waals surface area contributed by atoms with Crippen LogP contribution >= 0.6 is 47.2 Å². The van der Waals surface area contributed by atoms with Crippen LogP contribution < -0.4 is 9.64 Å². The zero-order chi connectivity index (χ0) is 17.3. The molecule has 25 heavy (non-hydrogen) atoms. The molecule has 1 aromatic heterocycles. The van der Waals surface area contributed by atoms with E-state index in [2.05, 4.69) is 9.97 Å². The zero-order valence-corrected chi connectivity index (χ0v) is 16.5. The van der Waals surface area contributed by atoms with Crippen molar-refractivity contribution in [3.05, 3.63) is 52.3 Å². The summed E-state index contributed by atoms with van der Waals surface area (Å²) in [5.41, 5.74) is 1.62. The van der Waals surface area contributed by atoms with Gasteiger partial charge in [0.05, 0.1) is 28.6 Å². The molecule has 1 heterocycles. The van der Waals surface area contributed by atoms with Crippen molar-refractivity contribution in [2.75, 3.05) is 19.1 Å². The number of para-hydroxylation sites is 1. The lowest BCUT2D eigenvalue weighted by molar-refractivity contribution is 0.415. The summed E-state index contributed by atoms with van der Waals surface area (Å²) in [5, 5.41) is 1.78. The molecule has 0 radical (unpaired) electrons. The van der Waals surface area contributed by atoms with Crippen molar-refractivity contribution in [1.82, 2.24) is 9.97 Å². The van der Waals surface area contributed by atoms with Crippen LogP contribution in [0, 0.1) is 0 Å². The van der Waals surface area contributed by atoms with Gasteiger partial charge in [-0.05, 0) is 24.3 Å². The van der Waals surface area contributed by atoms with E-state index in [0.29, 0.717) is 21.6 Å². The van der Waals surface area contributed by atoms with Gasteiger partial charge in [-0.2, -0.15) is 0 Å². The minimum atomic E-state index is 0. The van der Waals surface area contributed by atoms with Crippen LogP contribution in [0.5, 0.6) is 5.75 Å². The van der Waals surface area contributed by atoms with E-state index in [1.807, 2.05) is 36.2 Å². The Labute approximate surface area is 167 Å². The van der Waals surface area contributed by atoms with Gasteiger partial charge in [0.2, 0.25) is 0 Å². The molecule has 0 N–H and O–H groups in total. The standard InChI is InChI=1S/C17H14Cl3N3O.ClH/c1-23(10-7-12(19)16(24-2)13(20)8-10)17-11-5-3-4-6-14(11)21-15(9-18)22-17;/h3-8H,9H2,1-2H3;1H. The second kappa shape index (κ2) is 8.28. The molecule has 0 spiro atoms. The second-order valence-corrected chi connectivity index (χ2v) is 6.20. The monoisotopic (exact) mass is 417 g/mol. The summed E-state index contributed by atoms with van der Waals surface area (Å²) in [7, 11) is 3.42. The smallest absolute Gasteiger partial charge is 0.156 e. The Morgan fingerprint density at radius 2 is 1.72 bits per heavy atom. The van der Waals surface area contributed by atoms with E-state index in [9.17, 15) is 0 Å². The van der Waals surface area contributed by atoms with Crippen LogP contribution in [0.15, 0.2) is 36.4 Å². The highest BCUT2D eigenvalue weighted by molar-refractivity contribution is 6.37. The number of nitrogens with zero attached hydrogens (tertiary/aromatic N) is 3. The molecular weight excluding hydrogens is 404 g/mol. The van der Waals surface area contributed by atoms with Crippen LogP contribution in [0.4, 0.5) is 11.5 Å². The molecule has 132 valence electrons. The summed E-state index contributed by atoms with van der Waals surface area (Å²) < 4.78 is 5.20. The van der Waals surface area contributed by atoms with Crippen molar-refractivity contribution in [2.24, 2.45) is 0 Å². The van der Waals surface area contributed by atoms with Gasteiger partial charge >= 0.3 is 0 Å². The third-order valence-electron chi connectivity index (χ3n) is 3.64. The van der Waals surface area contributed by atoms with E-state index >= 15 is 0 Å². The first-order valence-corrected chi connectivity index (χ1v) is 8.42. The third kappa shape index (κ3) is 3.87. The van der Waals surface area contributed by atoms with E-state index in [1.54, 1.807) is 12.1 Å². The van der Waals surface area contributed by atoms with Gasteiger partial charge in [0.1, 0.15) is 11.6 Å². The van der Waals surface area contributed by atoms with Crippen molar-refractivity contribution in [3.8, 4) is 5.75 Å². The van der Waals surface area contributed by atoms with E-state index in [-0.39, 0.29) is 18.3 Å². The number of hydrogen-bond donors (Lipinski definition) is 0. The first-order chi connectivity index (χ1) is 11.5. The van der Waals surface area contributed by atoms with E-state index in [4.69, 9.17) is 39.5 Å². The number of aromatic nitrogens is 2. The van der Waals surface area contributed by atoms with Crippen LogP contribution in [0.3, 0.4) is 0 Å². The minimum absolute atomic E-state index is 0. The SMILES string of the molecule is COc1c(Cl)cc(N(C)c2nc(CCl)nc3ccccc23)cc1Cl.Cl. The summed E-state index contributed by atoms with van der Waals surface area (Å²) in [6.45, 7) is 0. The van der Waals surface area contributed by atoms with Crippen LogP contribution in [0.1, 0.15) is 5.82 Å². The fourth-order valence-corrected chi connectivity index (χ4v) is 3.23. The van der Waals surface area contributed by atoms with Crippen LogP contribution in [0.25, 0.3) is 10.9 Å². The molecule has 3 aromatic rings. The average molecular weight is 419 g/mol. The number of halogens is 4. The molecule has 4 nitrogen and oxygen atoms in total. The van der Waals surface area contributed by atoms with Crippen LogP contribution in [-0.2, 0) is 5.88 Å². The summed E-state index contributed by atoms with van der Waals surface area (Å²) in [4.78, 5) is 10.9. The number of anilines is 2. The summed E-state index contributed by atoms with van der Waals surface area (Å²) in [6.07, 6.45) is 0. The molecule has 2 aromatic carbocycles. The minimum Gasteiger partial charge on any atom is -0.494 e. The molecule has 0 aliphatic heterocycles. The first kappa shape index (κ1) is 19.9. The Hall–Kier alpha value is -1.46. The molecule has 0 unspecified atom stereocenters. The van der Waals surface area contributed by atoms with Gasteiger partial charge in [0, 0.05) is 18.1 Å². The maximum Gasteiger partial charge on any atom is 0.156 e. The van der Waals surface area contributed by atoms with Gasteiger partial charge in [-0.15, -0.1) is 24.0 Å². The molecule has 0 atom stereocenters. The van der Waals surface area contributed by atoms with Crippen molar-refractivity contribution in [1.29, 1.82) is 0 Å². The Balaban J connectivity index is 0.00000225. The van der Waals surface area contributed by atoms with E-state index in [1.165, 1.54) is 7.11 Å². The summed E-state index contributed by atoms with van der Waals surface area (Å²) in [6, 6.07) is 11.3. The lowest BCUT2D eigenvalue weighted by atomic mass is 10.2. The number of methoxy groups -OCH3 is 1. The van der Waals surface area contributed by atoms with Crippen molar-refractivity contribution in [3.63, 3.8) is 0 Å². The van der Waals surface area contributed by atoms with Crippen LogP contribution in [0.2, 0.25) is 10.0 Å². The third-order valence-corrected chi connectivity index (χ3v) is 4.44. The lowest BCUT2D eigenvalue weighted by Gasteiger charge is -2.22. The van der Waals surface area contributed by atoms with Crippen molar-refractivity contribution >= 4 is 69.6 Å². The Bertz CT molecular complexity index is 881. The molecule has 0 bridgehead atoms. The summed E-state index contributed by atoms with van der Waals surface area (Å²) in [5.74, 6) is 1.97. The van der Waals surface area contributed by atoms with Gasteiger partial charge in [-0.25, -0.2) is 9.97 Å². The first-order valence-electron chi connectivity index (χ1n) is 7.13. The largest absolute Gasteiger partial charge is 0.494 e. The molecule has 0 amide bonds. The van der Waals surface area contributed by atoms with Gasteiger partial charge in [-0.3, -0.25) is 0 Å². The maximum atomic E-state index is 6.25. The molecule has 3 rings (SSSR count). The predicted molar refractivity (Wildman–Crippen MR) is 107 cm³/mol. The van der Waals surface area contributed by atoms with Crippen molar-refractivity contribution in [2.45, 2.75) is 5.88 Å². The second-order valence-electron chi connectivity index (χ2n) is 5.12. The number of benzene rings is 2. The lowest BCUT2D eigenvalue weighted by Crippen LogP contribution is -2.13. The molecule has 0 aliphatic carbocycles. The number of rotatable bonds is 4. The quantitative estimate of drug-likeness (QED) is 0.496. The molecule has 8 heteroatoms. The number of hydrogen-bond acceptors (Lipinski definition) is 4. The fraction of sp³-hybridized carbons (Fsp3) is 0.176. The van der Waals surface area contributed by atoms with Gasteiger partial charge in [0.15, 0.2) is 5.75 Å². The highest BCUT2D eigenvalue weighted by Gasteiger charge is 2.16. The van der Waals surface area contributed by atoms with Gasteiger partial charge in [0.25, 0.3) is 0 Å². The van der Waals surface area contributed by atoms with Crippen molar-refractivity contribution < 1.29 is 4.74 Å². The number of ether oxygens (including phenoxy) is 1. The zero-order valence-electron chi connectivity index (χ0n) is 13.5. The number of fused-ring (bicyclic) bond motifs is 1. The topological polar surface area (TPSA) is 38.2 Å². The number of alkyl halides is 1. The van der Waals surface area contributed by atoms with Gasteiger partial charge < -0.3 is 9.64 Å². The molecule has 0 fully saturated rings. The average Bonchev–Trinajstić information content (AvgIpc) is 2.59. The Kier molecular flexibility index (Phi) is 6.58. The maximum absolute atomic E-state index is 6.25. The van der Waals surface area contributed by atoms with Gasteiger partial charge in [-0.1, -0.05) is 35.3 Å². The van der Waals surface area contributed by atoms with E-state index in [0.717, 1.165) is 22.4 Å². The fourth-order valence-electron chi connectivity index (χ4n) is 2.48. The molecule has 0 aliphatic rings. The van der Waals surface area contributed by atoms with E-state index < -0.39 is 0 Å². The predicted octanol–water partition coefficient (Wildman–Crippen LogP) is 5.87. The Morgan fingerprint density at radius 3 is 2.32 bits per heavy atom. The molecular formula is C17H15Cl4N3O. The molecule has 0 saturated heterocycles. The molecule has 0 saturated carbocycles. The highest BCUT2D eigenvalue weighted by Crippen LogP contribution is 2.39. The Morgan fingerprint density at radius 1 is 1.08 bits per heavy atom. The summed E-state index contributed by atoms with van der Waals surface area (Å²) >= 11 is 18.4.